The Morgan fingerprint density at radius 3 is 2.49 bits per heavy atom. The van der Waals surface area contributed by atoms with Crippen molar-refractivity contribution in [3.8, 4) is 0 Å². The van der Waals surface area contributed by atoms with E-state index in [0.717, 1.165) is 29.9 Å². The zero-order chi connectivity index (χ0) is 28.2. The van der Waals surface area contributed by atoms with E-state index >= 15 is 0 Å². The standard InChI is InChI=1S/C30H40ClN5O3/c1-21-10-11-23(18-22(21)2)26-19-27(24-8-6-7-9-25(24)31)36(33-26)28(37)20-35(29(38)32-30(3,4)5)13-12-34-14-16-39-17-15-34/h6-11,18,27H,12-17,19-20H2,1-5H3,(H,32,38)/t27-/m1/s1. The highest BCUT2D eigenvalue weighted by molar-refractivity contribution is 6.31. The first-order chi connectivity index (χ1) is 18.5. The van der Waals surface area contributed by atoms with Crippen LogP contribution in [0.15, 0.2) is 47.6 Å². The molecule has 210 valence electrons. The van der Waals surface area contributed by atoms with Crippen LogP contribution in [0.1, 0.15) is 55.5 Å². The number of rotatable bonds is 7. The van der Waals surface area contributed by atoms with E-state index in [1.165, 1.54) is 16.1 Å². The summed E-state index contributed by atoms with van der Waals surface area (Å²) in [4.78, 5) is 31.0. The quantitative estimate of drug-likeness (QED) is 0.535. The molecule has 0 radical (unpaired) electrons. The first-order valence-corrected chi connectivity index (χ1v) is 14.0. The first-order valence-electron chi connectivity index (χ1n) is 13.6. The van der Waals surface area contributed by atoms with Gasteiger partial charge in [0.25, 0.3) is 5.91 Å². The van der Waals surface area contributed by atoms with Crippen molar-refractivity contribution in [2.45, 2.75) is 52.6 Å². The van der Waals surface area contributed by atoms with Gasteiger partial charge in [0.1, 0.15) is 6.54 Å². The number of aryl methyl sites for hydroxylation is 2. The molecule has 0 aromatic heterocycles. The predicted octanol–water partition coefficient (Wildman–Crippen LogP) is 4.78. The molecule has 0 spiro atoms. The number of urea groups is 1. The third-order valence-electron chi connectivity index (χ3n) is 7.16. The van der Waals surface area contributed by atoms with Crippen LogP contribution in [-0.2, 0) is 9.53 Å². The minimum absolute atomic E-state index is 0.0864. The number of hydrogen-bond acceptors (Lipinski definition) is 5. The topological polar surface area (TPSA) is 77.5 Å². The van der Waals surface area contributed by atoms with Crippen molar-refractivity contribution in [2.75, 3.05) is 45.9 Å². The normalized spacial score (nSPS) is 18.2. The van der Waals surface area contributed by atoms with Crippen molar-refractivity contribution in [3.05, 3.63) is 69.7 Å². The van der Waals surface area contributed by atoms with Gasteiger partial charge in [-0.05, 0) is 69.0 Å². The summed E-state index contributed by atoms with van der Waals surface area (Å²) in [7, 11) is 0. The van der Waals surface area contributed by atoms with E-state index in [1.807, 2.05) is 51.1 Å². The Bertz CT molecular complexity index is 1220. The van der Waals surface area contributed by atoms with Crippen LogP contribution in [-0.4, -0.2) is 83.9 Å². The Kier molecular flexibility index (Phi) is 9.31. The van der Waals surface area contributed by atoms with E-state index in [0.29, 0.717) is 37.7 Å². The van der Waals surface area contributed by atoms with Crippen molar-refractivity contribution in [2.24, 2.45) is 5.10 Å². The lowest BCUT2D eigenvalue weighted by Gasteiger charge is -2.33. The van der Waals surface area contributed by atoms with Crippen LogP contribution < -0.4 is 5.32 Å². The van der Waals surface area contributed by atoms with Crippen LogP contribution in [0.5, 0.6) is 0 Å². The highest BCUT2D eigenvalue weighted by atomic mass is 35.5. The van der Waals surface area contributed by atoms with E-state index in [2.05, 4.69) is 36.2 Å². The Hall–Kier alpha value is -2.94. The third kappa shape index (κ3) is 7.59. The van der Waals surface area contributed by atoms with Crippen molar-refractivity contribution < 1.29 is 14.3 Å². The van der Waals surface area contributed by atoms with Gasteiger partial charge >= 0.3 is 6.03 Å². The Labute approximate surface area is 236 Å². The van der Waals surface area contributed by atoms with E-state index in [9.17, 15) is 9.59 Å². The molecule has 8 nitrogen and oxygen atoms in total. The lowest BCUT2D eigenvalue weighted by molar-refractivity contribution is -0.133. The van der Waals surface area contributed by atoms with E-state index in [4.69, 9.17) is 21.4 Å². The Morgan fingerprint density at radius 1 is 1.10 bits per heavy atom. The number of nitrogens with zero attached hydrogens (tertiary/aromatic N) is 4. The molecule has 0 bridgehead atoms. The molecule has 1 fully saturated rings. The summed E-state index contributed by atoms with van der Waals surface area (Å²) in [5.74, 6) is -0.246. The molecule has 2 aliphatic rings. The summed E-state index contributed by atoms with van der Waals surface area (Å²) in [5, 5.41) is 9.95. The molecule has 39 heavy (non-hydrogen) atoms. The molecule has 2 heterocycles. The lowest BCUT2D eigenvalue weighted by Crippen LogP contribution is -2.53. The lowest BCUT2D eigenvalue weighted by atomic mass is 9.96. The highest BCUT2D eigenvalue weighted by Gasteiger charge is 2.36. The number of carbonyl (C=O) groups excluding carboxylic acids is 2. The number of hydrazone groups is 1. The molecule has 2 aromatic rings. The molecule has 9 heteroatoms. The number of benzene rings is 2. The average molecular weight is 554 g/mol. The van der Waals surface area contributed by atoms with E-state index in [-0.39, 0.29) is 24.5 Å². The van der Waals surface area contributed by atoms with Crippen molar-refractivity contribution in [1.82, 2.24) is 20.1 Å². The molecular formula is C30H40ClN5O3. The fourth-order valence-electron chi connectivity index (χ4n) is 4.80. The van der Waals surface area contributed by atoms with Gasteiger partial charge in [0.05, 0.1) is 25.0 Å². The molecule has 0 saturated carbocycles. The summed E-state index contributed by atoms with van der Waals surface area (Å²) < 4.78 is 5.45. The second kappa shape index (κ2) is 12.5. The zero-order valence-corrected chi connectivity index (χ0v) is 24.4. The maximum atomic E-state index is 13.9. The Morgan fingerprint density at radius 2 is 1.82 bits per heavy atom. The number of ether oxygens (including phenoxy) is 1. The molecular weight excluding hydrogens is 514 g/mol. The molecule has 0 unspecified atom stereocenters. The fourth-order valence-corrected chi connectivity index (χ4v) is 5.06. The maximum absolute atomic E-state index is 13.9. The summed E-state index contributed by atoms with van der Waals surface area (Å²) >= 11 is 6.60. The molecule has 2 aliphatic heterocycles. The van der Waals surface area contributed by atoms with Crippen LogP contribution in [0.2, 0.25) is 5.02 Å². The van der Waals surface area contributed by atoms with Crippen LogP contribution >= 0.6 is 11.6 Å². The minimum Gasteiger partial charge on any atom is -0.379 e. The van der Waals surface area contributed by atoms with Gasteiger partial charge in [-0.1, -0.05) is 41.9 Å². The predicted molar refractivity (Wildman–Crippen MR) is 155 cm³/mol. The minimum atomic E-state index is -0.431. The van der Waals surface area contributed by atoms with Crippen LogP contribution in [0, 0.1) is 13.8 Å². The smallest absolute Gasteiger partial charge is 0.318 e. The first kappa shape index (κ1) is 29.1. The molecule has 1 N–H and O–H groups in total. The van der Waals surface area contributed by atoms with Crippen LogP contribution in [0.4, 0.5) is 4.79 Å². The average Bonchev–Trinajstić information content (AvgIpc) is 3.33. The van der Waals surface area contributed by atoms with Crippen LogP contribution in [0.25, 0.3) is 0 Å². The van der Waals surface area contributed by atoms with Crippen LogP contribution in [0.3, 0.4) is 0 Å². The van der Waals surface area contributed by atoms with Gasteiger partial charge in [0, 0.05) is 43.2 Å². The summed E-state index contributed by atoms with van der Waals surface area (Å²) in [6.45, 7) is 13.9. The zero-order valence-electron chi connectivity index (χ0n) is 23.7. The van der Waals surface area contributed by atoms with Gasteiger partial charge in [-0.3, -0.25) is 9.69 Å². The number of morpholine rings is 1. The van der Waals surface area contributed by atoms with Gasteiger partial charge in [-0.2, -0.15) is 5.10 Å². The van der Waals surface area contributed by atoms with Crippen molar-refractivity contribution >= 4 is 29.3 Å². The van der Waals surface area contributed by atoms with Gasteiger partial charge < -0.3 is 15.0 Å². The number of halogens is 1. The molecule has 1 atom stereocenters. The van der Waals surface area contributed by atoms with Gasteiger partial charge in [-0.25, -0.2) is 9.80 Å². The summed E-state index contributed by atoms with van der Waals surface area (Å²) in [6.07, 6.45) is 0.542. The largest absolute Gasteiger partial charge is 0.379 e. The van der Waals surface area contributed by atoms with E-state index in [1.54, 1.807) is 4.90 Å². The number of amides is 3. The third-order valence-corrected chi connectivity index (χ3v) is 7.50. The molecule has 1 saturated heterocycles. The summed E-state index contributed by atoms with van der Waals surface area (Å²) in [5.41, 5.74) is 4.60. The number of hydrogen-bond donors (Lipinski definition) is 1. The fraction of sp³-hybridized carbons (Fsp3) is 0.500. The second-order valence-electron chi connectivity index (χ2n) is 11.4. The Balaban J connectivity index is 1.60. The molecule has 2 aromatic carbocycles. The highest BCUT2D eigenvalue weighted by Crippen LogP contribution is 2.36. The van der Waals surface area contributed by atoms with E-state index < -0.39 is 5.54 Å². The SMILES string of the molecule is Cc1ccc(C2=NN(C(=O)CN(CCN3CCOCC3)C(=O)NC(C)(C)C)[C@@H](c3ccccc3Cl)C2)cc1C. The molecule has 0 aliphatic carbocycles. The molecule has 4 rings (SSSR count). The van der Waals surface area contributed by atoms with Gasteiger partial charge in [-0.15, -0.1) is 0 Å². The van der Waals surface area contributed by atoms with Crippen molar-refractivity contribution in [1.29, 1.82) is 0 Å². The second-order valence-corrected chi connectivity index (χ2v) is 11.8. The van der Waals surface area contributed by atoms with Gasteiger partial charge in [0.15, 0.2) is 0 Å². The maximum Gasteiger partial charge on any atom is 0.318 e. The monoisotopic (exact) mass is 553 g/mol. The number of nitrogens with one attached hydrogen (secondary N) is 1. The van der Waals surface area contributed by atoms with Crippen molar-refractivity contribution in [3.63, 3.8) is 0 Å². The molecule has 3 amide bonds. The number of carbonyl (C=O) groups is 2. The summed E-state index contributed by atoms with van der Waals surface area (Å²) in [6, 6.07) is 13.2. The van der Waals surface area contributed by atoms with Gasteiger partial charge in [0.2, 0.25) is 0 Å².